The topological polar surface area (TPSA) is 162 Å². The Morgan fingerprint density at radius 2 is 1.59 bits per heavy atom. The number of methoxy groups -OCH3 is 2. The van der Waals surface area contributed by atoms with Gasteiger partial charge in [0.05, 0.1) is 26.9 Å². The third-order valence-electron chi connectivity index (χ3n) is 3.09. The van der Waals surface area contributed by atoms with E-state index >= 15 is 0 Å². The summed E-state index contributed by atoms with van der Waals surface area (Å²) in [4.78, 5) is 11.5. The summed E-state index contributed by atoms with van der Waals surface area (Å²) in [6, 6.07) is -1.38. The van der Waals surface area contributed by atoms with Crippen molar-refractivity contribution in [3.05, 3.63) is 0 Å². The molecule has 1 fully saturated rings. The maximum absolute atomic E-state index is 9.85. The molecule has 0 radical (unpaired) electrons. The highest BCUT2D eigenvalue weighted by Crippen LogP contribution is 2.23. The third-order valence-corrected chi connectivity index (χ3v) is 3.09. The highest BCUT2D eigenvalue weighted by Gasteiger charge is 2.44. The molecular formula is C11H18N4O7. The van der Waals surface area contributed by atoms with Crippen molar-refractivity contribution < 1.29 is 34.3 Å². The number of hydrogen-bond donors (Lipinski definition) is 4. The number of hydrogen-bond acceptors (Lipinski definition) is 11. The largest absolute Gasteiger partial charge is 0.467 e. The highest BCUT2D eigenvalue weighted by atomic mass is 16.7. The molecule has 11 nitrogen and oxygen atoms in total. The van der Waals surface area contributed by atoms with Crippen molar-refractivity contribution in [2.75, 3.05) is 20.8 Å². The zero-order valence-electron chi connectivity index (χ0n) is 12.0. The van der Waals surface area contributed by atoms with Crippen LogP contribution in [-0.4, -0.2) is 81.7 Å². The Hall–Kier alpha value is -1.79. The normalized spacial score (nSPS) is 31.6. The predicted octanol–water partition coefficient (Wildman–Crippen LogP) is -2.97. The second kappa shape index (κ2) is 6.98. The molecule has 1 aliphatic heterocycles. The number of aromatic nitrogens is 3. The summed E-state index contributed by atoms with van der Waals surface area (Å²) >= 11 is 0. The minimum atomic E-state index is -1.35. The Bertz CT molecular complexity index is 481. The van der Waals surface area contributed by atoms with Gasteiger partial charge in [0.25, 0.3) is 0 Å². The fourth-order valence-corrected chi connectivity index (χ4v) is 1.87. The Balaban J connectivity index is 2.18. The number of aliphatic hydroxyl groups is 3. The molecule has 0 spiro atoms. The monoisotopic (exact) mass is 318 g/mol. The van der Waals surface area contributed by atoms with Gasteiger partial charge in [0.1, 0.15) is 18.3 Å². The van der Waals surface area contributed by atoms with E-state index in [0.717, 1.165) is 0 Å². The molecule has 0 amide bonds. The van der Waals surface area contributed by atoms with Gasteiger partial charge in [-0.1, -0.05) is 0 Å². The first-order valence-corrected chi connectivity index (χ1v) is 6.39. The van der Waals surface area contributed by atoms with Crippen molar-refractivity contribution in [3.8, 4) is 18.0 Å². The molecule has 1 saturated heterocycles. The Labute approximate surface area is 125 Å². The summed E-state index contributed by atoms with van der Waals surface area (Å²) in [5.74, 6) is 0. The first-order chi connectivity index (χ1) is 10.5. The number of ether oxygens (including phenoxy) is 4. The van der Waals surface area contributed by atoms with E-state index in [1.165, 1.54) is 14.2 Å². The van der Waals surface area contributed by atoms with Crippen molar-refractivity contribution in [3.63, 3.8) is 0 Å². The molecule has 124 valence electrons. The molecule has 11 heteroatoms. The first-order valence-electron chi connectivity index (χ1n) is 6.39. The van der Waals surface area contributed by atoms with Crippen LogP contribution in [0.1, 0.15) is 0 Å². The highest BCUT2D eigenvalue weighted by molar-refractivity contribution is 5.09. The van der Waals surface area contributed by atoms with Gasteiger partial charge >= 0.3 is 18.0 Å². The van der Waals surface area contributed by atoms with E-state index in [1.54, 1.807) is 0 Å². The first kappa shape index (κ1) is 16.6. The molecule has 0 aromatic carbocycles. The van der Waals surface area contributed by atoms with Crippen LogP contribution < -0.4 is 19.9 Å². The van der Waals surface area contributed by atoms with Crippen LogP contribution in [0.15, 0.2) is 0 Å². The van der Waals surface area contributed by atoms with Gasteiger partial charge in [-0.15, -0.1) is 15.0 Å². The van der Waals surface area contributed by atoms with Crippen molar-refractivity contribution in [1.29, 1.82) is 0 Å². The summed E-state index contributed by atoms with van der Waals surface area (Å²) in [5, 5.41) is 28.7. The summed E-state index contributed by atoms with van der Waals surface area (Å²) < 4.78 is 20.4. The van der Waals surface area contributed by atoms with E-state index in [-0.39, 0.29) is 18.0 Å². The van der Waals surface area contributed by atoms with Gasteiger partial charge < -0.3 is 40.0 Å². The van der Waals surface area contributed by atoms with Gasteiger partial charge in [-0.05, 0) is 0 Å². The fraction of sp³-hybridized carbons (Fsp3) is 0.727. The van der Waals surface area contributed by atoms with Gasteiger partial charge in [0.2, 0.25) is 6.29 Å². The van der Waals surface area contributed by atoms with Gasteiger partial charge in [0.15, 0.2) is 0 Å². The van der Waals surface area contributed by atoms with Gasteiger partial charge in [-0.25, -0.2) is 0 Å². The van der Waals surface area contributed by atoms with E-state index in [1.807, 2.05) is 0 Å². The Morgan fingerprint density at radius 3 is 2.09 bits per heavy atom. The van der Waals surface area contributed by atoms with Crippen LogP contribution in [-0.2, 0) is 4.74 Å². The molecule has 5 N–H and O–H groups in total. The average Bonchev–Trinajstić information content (AvgIpc) is 2.54. The van der Waals surface area contributed by atoms with Gasteiger partial charge in [-0.3, -0.25) is 0 Å². The Morgan fingerprint density at radius 1 is 1.05 bits per heavy atom. The van der Waals surface area contributed by atoms with Crippen molar-refractivity contribution >= 4 is 0 Å². The van der Waals surface area contributed by atoms with Crippen LogP contribution in [0.2, 0.25) is 0 Å². The van der Waals surface area contributed by atoms with E-state index < -0.39 is 37.3 Å². The average molecular weight is 318 g/mol. The van der Waals surface area contributed by atoms with Crippen LogP contribution in [0.4, 0.5) is 0 Å². The van der Waals surface area contributed by atoms with Crippen molar-refractivity contribution in [2.24, 2.45) is 5.73 Å². The standard InChI is InChI=1S/C11H18N4O7/c1-19-9-13-10(20-2)15-11(14-9)22-8-5(12)7(18)6(17)4(3-16)21-8/h4-8,16-18H,3,12H2,1-2H3/t4-,5-,6-,7-,8+/m1/s1. The molecule has 1 aromatic rings. The summed E-state index contributed by atoms with van der Waals surface area (Å²) in [6.07, 6.45) is -4.92. The van der Waals surface area contributed by atoms with E-state index in [0.29, 0.717) is 0 Å². The predicted molar refractivity (Wildman–Crippen MR) is 69.3 cm³/mol. The number of rotatable bonds is 5. The zero-order valence-corrected chi connectivity index (χ0v) is 12.0. The fourth-order valence-electron chi connectivity index (χ4n) is 1.87. The molecule has 5 atom stereocenters. The Kier molecular flexibility index (Phi) is 5.26. The van der Waals surface area contributed by atoms with Gasteiger partial charge in [0, 0.05) is 0 Å². The minimum absolute atomic E-state index is 0.0504. The summed E-state index contributed by atoms with van der Waals surface area (Å²) in [6.45, 7) is -0.519. The molecule has 0 bridgehead atoms. The maximum atomic E-state index is 9.85. The summed E-state index contributed by atoms with van der Waals surface area (Å²) in [7, 11) is 2.70. The molecule has 0 aliphatic carbocycles. The van der Waals surface area contributed by atoms with Crippen molar-refractivity contribution in [1.82, 2.24) is 15.0 Å². The lowest BCUT2D eigenvalue weighted by atomic mass is 9.98. The van der Waals surface area contributed by atoms with Crippen LogP contribution in [0.5, 0.6) is 18.0 Å². The maximum Gasteiger partial charge on any atom is 0.328 e. The third kappa shape index (κ3) is 3.34. The molecule has 0 unspecified atom stereocenters. The second-order valence-corrected chi connectivity index (χ2v) is 4.49. The molecule has 1 aromatic heterocycles. The lowest BCUT2D eigenvalue weighted by Gasteiger charge is -2.39. The molecular weight excluding hydrogens is 300 g/mol. The molecule has 0 saturated carbocycles. The van der Waals surface area contributed by atoms with Gasteiger partial charge in [-0.2, -0.15) is 0 Å². The number of aliphatic hydroxyl groups excluding tert-OH is 3. The molecule has 22 heavy (non-hydrogen) atoms. The van der Waals surface area contributed by atoms with Crippen LogP contribution in [0.25, 0.3) is 0 Å². The SMILES string of the molecule is COc1nc(OC)nc(O[C@@H]2O[C@H](CO)[C@@H](O)[C@H](O)[C@H]2N)n1. The van der Waals surface area contributed by atoms with Crippen LogP contribution >= 0.6 is 0 Å². The van der Waals surface area contributed by atoms with Crippen molar-refractivity contribution in [2.45, 2.75) is 30.6 Å². The lowest BCUT2D eigenvalue weighted by Crippen LogP contribution is -2.63. The second-order valence-electron chi connectivity index (χ2n) is 4.49. The number of nitrogens with zero attached hydrogens (tertiary/aromatic N) is 3. The smallest absolute Gasteiger partial charge is 0.328 e. The molecule has 2 rings (SSSR count). The minimum Gasteiger partial charge on any atom is -0.467 e. The van der Waals surface area contributed by atoms with E-state index in [9.17, 15) is 10.2 Å². The number of nitrogens with two attached hydrogens (primary N) is 1. The van der Waals surface area contributed by atoms with Crippen LogP contribution in [0.3, 0.4) is 0 Å². The zero-order chi connectivity index (χ0) is 16.3. The van der Waals surface area contributed by atoms with E-state index in [4.69, 9.17) is 29.8 Å². The molecule has 2 heterocycles. The quantitative estimate of drug-likeness (QED) is 0.438. The molecule has 1 aliphatic rings. The lowest BCUT2D eigenvalue weighted by molar-refractivity contribution is -0.240. The van der Waals surface area contributed by atoms with E-state index in [2.05, 4.69) is 15.0 Å². The summed E-state index contributed by atoms with van der Waals surface area (Å²) in [5.41, 5.74) is 5.74. The van der Waals surface area contributed by atoms with Crippen LogP contribution in [0, 0.1) is 0 Å².